The zero-order chi connectivity index (χ0) is 17.2. The monoisotopic (exact) mass is 359 g/mol. The summed E-state index contributed by atoms with van der Waals surface area (Å²) in [7, 11) is 0. The maximum atomic E-state index is 11.7. The van der Waals surface area contributed by atoms with Crippen molar-refractivity contribution in [2.45, 2.75) is 31.9 Å². The Bertz CT molecular complexity index is 513. The van der Waals surface area contributed by atoms with Crippen molar-refractivity contribution < 1.29 is 14.7 Å². The molecule has 23 heavy (non-hydrogen) atoms. The van der Waals surface area contributed by atoms with Crippen molar-refractivity contribution in [3.8, 4) is 0 Å². The van der Waals surface area contributed by atoms with Crippen molar-refractivity contribution in [1.82, 2.24) is 10.9 Å². The van der Waals surface area contributed by atoms with Crippen LogP contribution in [0.15, 0.2) is 24.3 Å². The predicted octanol–water partition coefficient (Wildman–Crippen LogP) is 0.861. The van der Waals surface area contributed by atoms with Crippen molar-refractivity contribution >= 4 is 35.2 Å². The SMILES string of the molecule is CCSCC[C@@H](N)C(O)C(=O)NNC(=O)Cc1ccc(Cl)cc1. The van der Waals surface area contributed by atoms with Crippen LogP contribution in [0.5, 0.6) is 0 Å². The van der Waals surface area contributed by atoms with E-state index in [9.17, 15) is 14.7 Å². The van der Waals surface area contributed by atoms with E-state index in [2.05, 4.69) is 10.9 Å². The molecule has 0 saturated heterocycles. The molecule has 2 atom stereocenters. The van der Waals surface area contributed by atoms with Gasteiger partial charge in [-0.15, -0.1) is 0 Å². The Morgan fingerprint density at radius 3 is 2.57 bits per heavy atom. The highest BCUT2D eigenvalue weighted by Gasteiger charge is 2.22. The lowest BCUT2D eigenvalue weighted by Crippen LogP contribution is -2.52. The van der Waals surface area contributed by atoms with Crippen LogP contribution >= 0.6 is 23.4 Å². The third-order valence-corrected chi connectivity index (χ3v) is 4.26. The van der Waals surface area contributed by atoms with Crippen molar-refractivity contribution in [3.05, 3.63) is 34.9 Å². The third kappa shape index (κ3) is 7.69. The number of amides is 2. The molecule has 0 aliphatic rings. The molecule has 1 rings (SSSR count). The molecule has 1 aromatic rings. The first-order valence-corrected chi connectivity index (χ1v) is 8.81. The third-order valence-electron chi connectivity index (χ3n) is 3.08. The molecule has 2 amide bonds. The van der Waals surface area contributed by atoms with Gasteiger partial charge in [0.25, 0.3) is 5.91 Å². The van der Waals surface area contributed by atoms with Crippen LogP contribution in [0.1, 0.15) is 18.9 Å². The fraction of sp³-hybridized carbons (Fsp3) is 0.467. The molecule has 0 aliphatic heterocycles. The number of hydrazine groups is 1. The quantitative estimate of drug-likeness (QED) is 0.407. The van der Waals surface area contributed by atoms with Crippen LogP contribution in [0.2, 0.25) is 5.02 Å². The standard InChI is InChI=1S/C15H22ClN3O3S/c1-2-23-8-7-12(17)14(21)15(22)19-18-13(20)9-10-3-5-11(16)6-4-10/h3-6,12,14,21H,2,7-9,17H2,1H3,(H,18,20)(H,19,22)/t12-,14?/m1/s1. The van der Waals surface area contributed by atoms with Crippen molar-refractivity contribution in [2.75, 3.05) is 11.5 Å². The van der Waals surface area contributed by atoms with Gasteiger partial charge in [-0.2, -0.15) is 11.8 Å². The van der Waals surface area contributed by atoms with Crippen molar-refractivity contribution in [2.24, 2.45) is 5.73 Å². The Kier molecular flexibility index (Phi) is 9.01. The van der Waals surface area contributed by atoms with Crippen LogP contribution in [0.3, 0.4) is 0 Å². The van der Waals surface area contributed by atoms with E-state index in [-0.39, 0.29) is 6.42 Å². The maximum absolute atomic E-state index is 11.7. The van der Waals surface area contributed by atoms with Gasteiger partial charge in [0, 0.05) is 11.1 Å². The summed E-state index contributed by atoms with van der Waals surface area (Å²) in [6, 6.07) is 6.14. The predicted molar refractivity (Wildman–Crippen MR) is 93.0 cm³/mol. The molecule has 1 unspecified atom stereocenters. The fourth-order valence-corrected chi connectivity index (χ4v) is 2.61. The van der Waals surface area contributed by atoms with Gasteiger partial charge in [-0.3, -0.25) is 20.4 Å². The van der Waals surface area contributed by atoms with E-state index >= 15 is 0 Å². The molecule has 0 aromatic heterocycles. The van der Waals surface area contributed by atoms with E-state index in [4.69, 9.17) is 17.3 Å². The minimum absolute atomic E-state index is 0.0900. The molecule has 0 heterocycles. The number of carbonyl (C=O) groups is 2. The number of benzene rings is 1. The molecule has 0 saturated carbocycles. The van der Waals surface area contributed by atoms with E-state index in [0.29, 0.717) is 11.4 Å². The Morgan fingerprint density at radius 2 is 1.96 bits per heavy atom. The van der Waals surface area contributed by atoms with Gasteiger partial charge in [0.2, 0.25) is 5.91 Å². The molecule has 0 aliphatic carbocycles. The first-order chi connectivity index (χ1) is 10.9. The molecule has 1 aromatic carbocycles. The first kappa shape index (κ1) is 19.8. The van der Waals surface area contributed by atoms with E-state index < -0.39 is 24.0 Å². The van der Waals surface area contributed by atoms with Crippen LogP contribution in [0, 0.1) is 0 Å². The molecule has 5 N–H and O–H groups in total. The smallest absolute Gasteiger partial charge is 0.268 e. The molecule has 0 radical (unpaired) electrons. The summed E-state index contributed by atoms with van der Waals surface area (Å²) in [5, 5.41) is 10.4. The Hall–Kier alpha value is -1.28. The number of hydrogen-bond donors (Lipinski definition) is 4. The first-order valence-electron chi connectivity index (χ1n) is 7.28. The van der Waals surface area contributed by atoms with Crippen LogP contribution in [-0.4, -0.2) is 40.6 Å². The summed E-state index contributed by atoms with van der Waals surface area (Å²) in [4.78, 5) is 23.5. The number of aliphatic hydroxyl groups is 1. The largest absolute Gasteiger partial charge is 0.382 e. The summed E-state index contributed by atoms with van der Waals surface area (Å²) in [5.41, 5.74) is 11.0. The van der Waals surface area contributed by atoms with E-state index in [1.54, 1.807) is 36.0 Å². The highest BCUT2D eigenvalue weighted by molar-refractivity contribution is 7.99. The number of nitrogens with two attached hydrogens (primary N) is 1. The van der Waals surface area contributed by atoms with E-state index in [1.807, 2.05) is 6.92 Å². The summed E-state index contributed by atoms with van der Waals surface area (Å²) < 4.78 is 0. The lowest BCUT2D eigenvalue weighted by molar-refractivity contribution is -0.134. The zero-order valence-electron chi connectivity index (χ0n) is 12.9. The van der Waals surface area contributed by atoms with Crippen LogP contribution in [0.4, 0.5) is 0 Å². The highest BCUT2D eigenvalue weighted by atomic mass is 35.5. The van der Waals surface area contributed by atoms with Gasteiger partial charge in [-0.1, -0.05) is 30.7 Å². The van der Waals surface area contributed by atoms with Crippen LogP contribution in [-0.2, 0) is 16.0 Å². The summed E-state index contributed by atoms with van der Waals surface area (Å²) in [6.45, 7) is 2.02. The number of thioether (sulfide) groups is 1. The normalized spacial score (nSPS) is 13.2. The van der Waals surface area contributed by atoms with Gasteiger partial charge in [0.15, 0.2) is 0 Å². The number of nitrogens with one attached hydrogen (secondary N) is 2. The van der Waals surface area contributed by atoms with Gasteiger partial charge < -0.3 is 10.8 Å². The maximum Gasteiger partial charge on any atom is 0.268 e. The minimum atomic E-state index is -1.36. The van der Waals surface area contributed by atoms with E-state index in [0.717, 1.165) is 17.1 Å². The Morgan fingerprint density at radius 1 is 1.30 bits per heavy atom. The fourth-order valence-electron chi connectivity index (χ4n) is 1.75. The average Bonchev–Trinajstić information content (AvgIpc) is 2.54. The van der Waals surface area contributed by atoms with Gasteiger partial charge in [-0.25, -0.2) is 0 Å². The van der Waals surface area contributed by atoms with E-state index in [1.165, 1.54) is 0 Å². The molecule has 0 bridgehead atoms. The summed E-state index contributed by atoms with van der Waals surface area (Å²) in [5.74, 6) is 0.604. The lowest BCUT2D eigenvalue weighted by Gasteiger charge is -2.18. The van der Waals surface area contributed by atoms with Gasteiger partial charge in [0.1, 0.15) is 6.10 Å². The number of carbonyl (C=O) groups excluding carboxylic acids is 2. The summed E-state index contributed by atoms with van der Waals surface area (Å²) in [6.07, 6.45) is -0.748. The van der Waals surface area contributed by atoms with Crippen LogP contribution < -0.4 is 16.6 Å². The van der Waals surface area contributed by atoms with Gasteiger partial charge in [0.05, 0.1) is 6.42 Å². The number of rotatable bonds is 8. The molecule has 6 nitrogen and oxygen atoms in total. The van der Waals surface area contributed by atoms with Gasteiger partial charge >= 0.3 is 0 Å². The second-order valence-electron chi connectivity index (χ2n) is 4.93. The molecule has 128 valence electrons. The highest BCUT2D eigenvalue weighted by Crippen LogP contribution is 2.09. The molecular weight excluding hydrogens is 338 g/mol. The summed E-state index contributed by atoms with van der Waals surface area (Å²) >= 11 is 7.45. The van der Waals surface area contributed by atoms with Crippen LogP contribution in [0.25, 0.3) is 0 Å². The second kappa shape index (κ2) is 10.5. The molecule has 8 heteroatoms. The van der Waals surface area contributed by atoms with Crippen molar-refractivity contribution in [3.63, 3.8) is 0 Å². The molecule has 0 fully saturated rings. The lowest BCUT2D eigenvalue weighted by atomic mass is 10.1. The molecular formula is C15H22ClN3O3S. The number of hydrogen-bond acceptors (Lipinski definition) is 5. The second-order valence-corrected chi connectivity index (χ2v) is 6.77. The number of halogens is 1. The van der Waals surface area contributed by atoms with Crippen molar-refractivity contribution in [1.29, 1.82) is 0 Å². The Balaban J connectivity index is 2.33. The number of aliphatic hydroxyl groups excluding tert-OH is 1. The average molecular weight is 360 g/mol. The topological polar surface area (TPSA) is 104 Å². The van der Waals surface area contributed by atoms with Gasteiger partial charge in [-0.05, 0) is 35.6 Å². The molecule has 0 spiro atoms. The minimum Gasteiger partial charge on any atom is -0.382 e. The zero-order valence-corrected chi connectivity index (χ0v) is 14.5. The Labute approximate surface area is 145 Å².